The number of alkyl halides is 3. The van der Waals surface area contributed by atoms with Crippen molar-refractivity contribution in [2.45, 2.75) is 19.0 Å². The number of amides is 1. The quantitative estimate of drug-likeness (QED) is 0.875. The van der Waals surface area contributed by atoms with Gasteiger partial charge in [-0.15, -0.1) is 0 Å². The van der Waals surface area contributed by atoms with Gasteiger partial charge in [0.1, 0.15) is 0 Å². The third kappa shape index (κ3) is 3.96. The van der Waals surface area contributed by atoms with Gasteiger partial charge in [0.05, 0.1) is 17.4 Å². The molecule has 1 aliphatic rings. The van der Waals surface area contributed by atoms with E-state index < -0.39 is 29.5 Å². The van der Waals surface area contributed by atoms with Crippen molar-refractivity contribution in [3.05, 3.63) is 35.4 Å². The van der Waals surface area contributed by atoms with Crippen LogP contribution in [0.15, 0.2) is 24.3 Å². The van der Waals surface area contributed by atoms with E-state index in [2.05, 4.69) is 5.32 Å². The minimum absolute atomic E-state index is 0.271. The second-order valence-corrected chi connectivity index (χ2v) is 5.02. The number of benzene rings is 1. The monoisotopic (exact) mass is 301 g/mol. The predicted octanol–water partition coefficient (Wildman–Crippen LogP) is 2.08. The highest BCUT2D eigenvalue weighted by atomic mass is 19.4. The number of nitrogens with one attached hydrogen (secondary N) is 1. The zero-order valence-corrected chi connectivity index (χ0v) is 11.0. The molecular weight excluding hydrogens is 287 g/mol. The minimum Gasteiger partial charge on any atom is -0.481 e. The van der Waals surface area contributed by atoms with Crippen molar-refractivity contribution in [1.82, 2.24) is 5.32 Å². The van der Waals surface area contributed by atoms with Crippen molar-refractivity contribution in [3.8, 4) is 0 Å². The maximum atomic E-state index is 12.4. The molecule has 114 valence electrons. The molecule has 2 atom stereocenters. The van der Waals surface area contributed by atoms with Crippen LogP contribution < -0.4 is 5.32 Å². The van der Waals surface area contributed by atoms with E-state index in [1.807, 2.05) is 0 Å². The molecule has 1 amide bonds. The fourth-order valence-electron chi connectivity index (χ4n) is 2.08. The Labute approximate surface area is 119 Å². The van der Waals surface area contributed by atoms with Crippen LogP contribution in [0.25, 0.3) is 0 Å². The summed E-state index contributed by atoms with van der Waals surface area (Å²) in [4.78, 5) is 22.2. The first-order valence-corrected chi connectivity index (χ1v) is 6.45. The number of hydrogen-bond donors (Lipinski definition) is 2. The molecule has 1 aromatic carbocycles. The van der Waals surface area contributed by atoms with Gasteiger partial charge in [-0.05, 0) is 30.5 Å². The van der Waals surface area contributed by atoms with Gasteiger partial charge in [0.15, 0.2) is 0 Å². The van der Waals surface area contributed by atoms with E-state index in [-0.39, 0.29) is 12.5 Å². The van der Waals surface area contributed by atoms with Gasteiger partial charge in [0.25, 0.3) is 0 Å². The minimum atomic E-state index is -4.36. The van der Waals surface area contributed by atoms with Crippen LogP contribution in [-0.2, 0) is 22.2 Å². The molecule has 1 saturated carbocycles. The summed E-state index contributed by atoms with van der Waals surface area (Å²) < 4.78 is 37.1. The molecule has 21 heavy (non-hydrogen) atoms. The lowest BCUT2D eigenvalue weighted by molar-refractivity contribution is -0.140. The van der Waals surface area contributed by atoms with E-state index in [0.29, 0.717) is 18.4 Å². The predicted molar refractivity (Wildman–Crippen MR) is 67.4 cm³/mol. The van der Waals surface area contributed by atoms with Crippen molar-refractivity contribution >= 4 is 11.9 Å². The Kier molecular flexibility index (Phi) is 4.20. The number of rotatable bonds is 5. The van der Waals surface area contributed by atoms with Gasteiger partial charge >= 0.3 is 12.1 Å². The van der Waals surface area contributed by atoms with Gasteiger partial charge in [-0.2, -0.15) is 13.2 Å². The standard InChI is InChI=1S/C14H14F3NO3/c15-14(16,17)9-3-1-8(2-4-9)5-6-18-12(19)10-7-11(10)13(20)21/h1-4,10-11H,5-7H2,(H,18,19)(H,20,21)/t10-,11-/m1/s1. The number of carbonyl (C=O) groups excluding carboxylic acids is 1. The molecule has 2 rings (SSSR count). The van der Waals surface area contributed by atoms with Crippen molar-refractivity contribution in [2.24, 2.45) is 11.8 Å². The molecule has 1 fully saturated rings. The molecule has 7 heteroatoms. The van der Waals surface area contributed by atoms with Crippen LogP contribution in [0.5, 0.6) is 0 Å². The first-order chi connectivity index (χ1) is 9.79. The average molecular weight is 301 g/mol. The second kappa shape index (κ2) is 5.75. The van der Waals surface area contributed by atoms with Gasteiger partial charge in [-0.25, -0.2) is 0 Å². The number of halogens is 3. The van der Waals surface area contributed by atoms with Crippen LogP contribution in [0.1, 0.15) is 17.5 Å². The van der Waals surface area contributed by atoms with Crippen molar-refractivity contribution < 1.29 is 27.9 Å². The Bertz CT molecular complexity index is 539. The molecule has 0 saturated heterocycles. The fraction of sp³-hybridized carbons (Fsp3) is 0.429. The lowest BCUT2D eigenvalue weighted by Gasteiger charge is -2.08. The molecule has 0 aromatic heterocycles. The first-order valence-electron chi connectivity index (χ1n) is 6.45. The zero-order valence-electron chi connectivity index (χ0n) is 11.0. The number of carbonyl (C=O) groups is 2. The molecular formula is C14H14F3NO3. The lowest BCUT2D eigenvalue weighted by Crippen LogP contribution is -2.28. The van der Waals surface area contributed by atoms with Gasteiger partial charge in [-0.3, -0.25) is 9.59 Å². The topological polar surface area (TPSA) is 66.4 Å². The number of aliphatic carboxylic acids is 1. The summed E-state index contributed by atoms with van der Waals surface area (Å²) in [5.41, 5.74) is -0.0357. The molecule has 0 heterocycles. The summed E-state index contributed by atoms with van der Waals surface area (Å²) in [7, 11) is 0. The van der Waals surface area contributed by atoms with Crippen molar-refractivity contribution in [3.63, 3.8) is 0 Å². The molecule has 2 N–H and O–H groups in total. The Morgan fingerprint density at radius 2 is 1.81 bits per heavy atom. The Balaban J connectivity index is 1.77. The number of carboxylic acid groups (broad SMARTS) is 1. The number of carboxylic acids is 1. The van der Waals surface area contributed by atoms with Crippen molar-refractivity contribution in [2.75, 3.05) is 6.54 Å². The highest BCUT2D eigenvalue weighted by Gasteiger charge is 2.48. The highest BCUT2D eigenvalue weighted by molar-refractivity contribution is 5.89. The van der Waals surface area contributed by atoms with E-state index in [1.54, 1.807) is 0 Å². The van der Waals surface area contributed by atoms with E-state index >= 15 is 0 Å². The van der Waals surface area contributed by atoms with Crippen LogP contribution in [0.3, 0.4) is 0 Å². The molecule has 4 nitrogen and oxygen atoms in total. The maximum absolute atomic E-state index is 12.4. The normalized spacial score (nSPS) is 20.9. The summed E-state index contributed by atoms with van der Waals surface area (Å²) in [6, 6.07) is 4.73. The van der Waals surface area contributed by atoms with Crippen LogP contribution in [0.2, 0.25) is 0 Å². The summed E-state index contributed by atoms with van der Waals surface area (Å²) in [6.07, 6.45) is -3.61. The van der Waals surface area contributed by atoms with E-state index in [4.69, 9.17) is 5.11 Å². The average Bonchev–Trinajstić information content (AvgIpc) is 3.18. The summed E-state index contributed by atoms with van der Waals surface area (Å²) in [5.74, 6) is -2.36. The third-order valence-electron chi connectivity index (χ3n) is 3.44. The second-order valence-electron chi connectivity index (χ2n) is 5.02. The lowest BCUT2D eigenvalue weighted by atomic mass is 10.1. The molecule has 0 radical (unpaired) electrons. The smallest absolute Gasteiger partial charge is 0.416 e. The highest BCUT2D eigenvalue weighted by Crippen LogP contribution is 2.38. The zero-order chi connectivity index (χ0) is 15.6. The molecule has 0 aliphatic heterocycles. The van der Waals surface area contributed by atoms with Gasteiger partial charge in [-0.1, -0.05) is 12.1 Å². The summed E-state index contributed by atoms with van der Waals surface area (Å²) >= 11 is 0. The Hall–Kier alpha value is -2.05. The third-order valence-corrected chi connectivity index (χ3v) is 3.44. The molecule has 0 spiro atoms. The van der Waals surface area contributed by atoms with Crippen LogP contribution in [-0.4, -0.2) is 23.5 Å². The van der Waals surface area contributed by atoms with E-state index in [0.717, 1.165) is 12.1 Å². The number of hydrogen-bond acceptors (Lipinski definition) is 2. The molecule has 1 aliphatic carbocycles. The van der Waals surface area contributed by atoms with Gasteiger partial charge in [0, 0.05) is 6.54 Å². The van der Waals surface area contributed by atoms with Gasteiger partial charge < -0.3 is 10.4 Å². The Morgan fingerprint density at radius 1 is 1.19 bits per heavy atom. The first kappa shape index (κ1) is 15.3. The van der Waals surface area contributed by atoms with Crippen molar-refractivity contribution in [1.29, 1.82) is 0 Å². The largest absolute Gasteiger partial charge is 0.481 e. The van der Waals surface area contributed by atoms with Crippen LogP contribution in [0, 0.1) is 11.8 Å². The SMILES string of the molecule is O=C(O)[C@@H]1C[C@H]1C(=O)NCCc1ccc(C(F)(F)F)cc1. The molecule has 0 unspecified atom stereocenters. The summed E-state index contributed by atoms with van der Waals surface area (Å²) in [6.45, 7) is 0.271. The molecule has 1 aromatic rings. The summed E-state index contributed by atoms with van der Waals surface area (Å²) in [5, 5.41) is 11.3. The Morgan fingerprint density at radius 3 is 2.29 bits per heavy atom. The van der Waals surface area contributed by atoms with E-state index in [1.165, 1.54) is 12.1 Å². The van der Waals surface area contributed by atoms with Crippen LogP contribution >= 0.6 is 0 Å². The van der Waals surface area contributed by atoms with Gasteiger partial charge in [0.2, 0.25) is 5.91 Å². The van der Waals surface area contributed by atoms with E-state index in [9.17, 15) is 22.8 Å². The fourth-order valence-corrected chi connectivity index (χ4v) is 2.08. The molecule has 0 bridgehead atoms. The maximum Gasteiger partial charge on any atom is 0.416 e. The van der Waals surface area contributed by atoms with Crippen LogP contribution in [0.4, 0.5) is 13.2 Å².